The number of hydrogen-bond donors (Lipinski definition) is 3. The summed E-state index contributed by atoms with van der Waals surface area (Å²) in [4.78, 5) is 25.9. The van der Waals surface area contributed by atoms with Gasteiger partial charge in [-0.1, -0.05) is 30.3 Å². The Morgan fingerprint density at radius 2 is 1.96 bits per heavy atom. The Hall–Kier alpha value is -2.83. The maximum atomic E-state index is 12.0. The Kier molecular flexibility index (Phi) is 6.38. The Bertz CT molecular complexity index is 745. The molecule has 1 heterocycles. The third kappa shape index (κ3) is 5.91. The molecule has 0 spiro atoms. The van der Waals surface area contributed by atoms with E-state index in [4.69, 9.17) is 0 Å². The Balaban J connectivity index is 1.92. The molecule has 26 heavy (non-hydrogen) atoms. The van der Waals surface area contributed by atoms with Crippen LogP contribution >= 0.6 is 0 Å². The molecular formula is C19H28N6O. The lowest BCUT2D eigenvalue weighted by Gasteiger charge is -2.23. The van der Waals surface area contributed by atoms with Crippen LogP contribution in [0.5, 0.6) is 0 Å². The topological polar surface area (TPSA) is 85.4 Å². The third-order valence-electron chi connectivity index (χ3n) is 3.60. The number of amides is 1. The summed E-state index contributed by atoms with van der Waals surface area (Å²) in [5.41, 5.74) is 1.81. The Morgan fingerprint density at radius 3 is 2.58 bits per heavy atom. The van der Waals surface area contributed by atoms with Crippen LogP contribution in [0.25, 0.3) is 11.3 Å². The molecule has 1 aromatic carbocycles. The van der Waals surface area contributed by atoms with Crippen LogP contribution < -0.4 is 10.6 Å². The smallest absolute Gasteiger partial charge is 0.239 e. The lowest BCUT2D eigenvalue weighted by Crippen LogP contribution is -2.48. The minimum Gasteiger partial charge on any atom is -0.350 e. The van der Waals surface area contributed by atoms with Gasteiger partial charge in [-0.05, 0) is 26.3 Å². The van der Waals surface area contributed by atoms with E-state index in [1.807, 2.05) is 69.2 Å². The maximum absolute atomic E-state index is 12.0. The lowest BCUT2D eigenvalue weighted by atomic mass is 10.1. The number of guanidine groups is 1. The van der Waals surface area contributed by atoms with Crippen LogP contribution in [0.4, 0.5) is 0 Å². The van der Waals surface area contributed by atoms with Crippen LogP contribution in [0.1, 0.15) is 26.6 Å². The van der Waals surface area contributed by atoms with E-state index in [9.17, 15) is 4.79 Å². The second-order valence-electron chi connectivity index (χ2n) is 7.16. The van der Waals surface area contributed by atoms with Crippen molar-refractivity contribution >= 4 is 11.9 Å². The minimum atomic E-state index is -0.254. The number of imidazole rings is 1. The van der Waals surface area contributed by atoms with Gasteiger partial charge in [-0.25, -0.2) is 4.98 Å². The zero-order chi connectivity index (χ0) is 19.2. The molecule has 0 unspecified atom stereocenters. The van der Waals surface area contributed by atoms with Gasteiger partial charge >= 0.3 is 0 Å². The molecule has 0 fully saturated rings. The molecule has 140 valence electrons. The van der Waals surface area contributed by atoms with Crippen molar-refractivity contribution in [2.45, 2.75) is 32.9 Å². The fourth-order valence-electron chi connectivity index (χ4n) is 2.51. The van der Waals surface area contributed by atoms with Crippen molar-refractivity contribution in [1.82, 2.24) is 25.5 Å². The minimum absolute atomic E-state index is 0.0728. The van der Waals surface area contributed by atoms with Gasteiger partial charge in [0.15, 0.2) is 5.96 Å². The van der Waals surface area contributed by atoms with Crippen molar-refractivity contribution in [1.29, 1.82) is 0 Å². The van der Waals surface area contributed by atoms with Crippen LogP contribution in [0, 0.1) is 0 Å². The molecule has 0 saturated carbocycles. The largest absolute Gasteiger partial charge is 0.350 e. The number of nitrogens with one attached hydrogen (secondary N) is 3. The van der Waals surface area contributed by atoms with E-state index < -0.39 is 0 Å². The van der Waals surface area contributed by atoms with E-state index in [1.54, 1.807) is 7.05 Å². The molecule has 0 bridgehead atoms. The molecular weight excluding hydrogens is 328 g/mol. The molecule has 1 amide bonds. The number of H-pyrrole nitrogens is 1. The molecule has 0 atom stereocenters. The van der Waals surface area contributed by atoms with E-state index in [0.717, 1.165) is 17.1 Å². The molecule has 2 rings (SSSR count). The summed E-state index contributed by atoms with van der Waals surface area (Å²) in [6.45, 7) is 6.57. The first-order valence-electron chi connectivity index (χ1n) is 8.60. The molecule has 0 radical (unpaired) electrons. The zero-order valence-electron chi connectivity index (χ0n) is 16.1. The van der Waals surface area contributed by atoms with Crippen LogP contribution in [0.3, 0.4) is 0 Å². The molecule has 0 aliphatic rings. The molecule has 0 aliphatic heterocycles. The molecule has 2 aromatic rings. The first-order chi connectivity index (χ1) is 12.3. The molecule has 0 saturated heterocycles. The van der Waals surface area contributed by atoms with Crippen LogP contribution in [-0.4, -0.2) is 52.9 Å². The highest BCUT2D eigenvalue weighted by Gasteiger charge is 2.15. The fraction of sp³-hybridized carbons (Fsp3) is 0.421. The second-order valence-corrected chi connectivity index (χ2v) is 7.16. The van der Waals surface area contributed by atoms with E-state index in [2.05, 4.69) is 25.6 Å². The molecule has 7 nitrogen and oxygen atoms in total. The van der Waals surface area contributed by atoms with Crippen molar-refractivity contribution in [3.05, 3.63) is 42.4 Å². The van der Waals surface area contributed by atoms with Gasteiger partial charge in [-0.3, -0.25) is 9.79 Å². The summed E-state index contributed by atoms with van der Waals surface area (Å²) in [5, 5.41) is 5.99. The number of nitrogens with zero attached hydrogens (tertiary/aromatic N) is 3. The molecule has 1 aromatic heterocycles. The molecule has 0 aliphatic carbocycles. The van der Waals surface area contributed by atoms with Crippen LogP contribution in [0.2, 0.25) is 0 Å². The van der Waals surface area contributed by atoms with Crippen molar-refractivity contribution in [3.8, 4) is 11.3 Å². The van der Waals surface area contributed by atoms with E-state index in [-0.39, 0.29) is 18.0 Å². The van der Waals surface area contributed by atoms with Gasteiger partial charge in [0.25, 0.3) is 0 Å². The van der Waals surface area contributed by atoms with Gasteiger partial charge in [-0.2, -0.15) is 0 Å². The lowest BCUT2D eigenvalue weighted by molar-refractivity contribution is -0.121. The zero-order valence-corrected chi connectivity index (χ0v) is 16.1. The van der Waals surface area contributed by atoms with Gasteiger partial charge in [0.2, 0.25) is 5.91 Å². The predicted octanol–water partition coefficient (Wildman–Crippen LogP) is 2.00. The summed E-state index contributed by atoms with van der Waals surface area (Å²) in [6.07, 6.45) is 1.82. The van der Waals surface area contributed by atoms with Crippen molar-refractivity contribution in [3.63, 3.8) is 0 Å². The molecule has 7 heteroatoms. The number of aromatic amines is 1. The highest BCUT2D eigenvalue weighted by molar-refractivity contribution is 5.86. The average molecular weight is 356 g/mol. The van der Waals surface area contributed by atoms with Gasteiger partial charge in [-0.15, -0.1) is 0 Å². The number of aliphatic imine (C=N–C) groups is 1. The van der Waals surface area contributed by atoms with E-state index >= 15 is 0 Å². The number of aromatic nitrogens is 2. The number of carbonyl (C=O) groups excluding carboxylic acids is 1. The van der Waals surface area contributed by atoms with Gasteiger partial charge < -0.3 is 20.5 Å². The summed E-state index contributed by atoms with van der Waals surface area (Å²) in [6, 6.07) is 10.1. The Morgan fingerprint density at radius 1 is 1.27 bits per heavy atom. The number of carbonyl (C=O) groups is 1. The standard InChI is InChI=1S/C19H28N6O/c1-19(2,3)24-17(26)12-22-18(20-4)25(5)13-16-21-11-15(23-16)14-9-7-6-8-10-14/h6-11H,12-13H2,1-5H3,(H,20,22)(H,21,23)(H,24,26). The third-order valence-corrected chi connectivity index (χ3v) is 3.60. The van der Waals surface area contributed by atoms with Crippen molar-refractivity contribution in [2.24, 2.45) is 4.99 Å². The maximum Gasteiger partial charge on any atom is 0.239 e. The second kappa shape index (κ2) is 8.51. The first kappa shape index (κ1) is 19.5. The van der Waals surface area contributed by atoms with E-state index in [1.165, 1.54) is 0 Å². The van der Waals surface area contributed by atoms with Crippen LogP contribution in [0.15, 0.2) is 41.5 Å². The number of hydrogen-bond acceptors (Lipinski definition) is 3. The summed E-state index contributed by atoms with van der Waals surface area (Å²) in [5.74, 6) is 1.39. The average Bonchev–Trinajstić information content (AvgIpc) is 3.03. The first-order valence-corrected chi connectivity index (χ1v) is 8.60. The fourth-order valence-corrected chi connectivity index (χ4v) is 2.51. The van der Waals surface area contributed by atoms with Crippen molar-refractivity contribution in [2.75, 3.05) is 20.6 Å². The normalized spacial score (nSPS) is 12.0. The summed E-state index contributed by atoms with van der Waals surface area (Å²) < 4.78 is 0. The summed E-state index contributed by atoms with van der Waals surface area (Å²) in [7, 11) is 3.60. The van der Waals surface area contributed by atoms with Crippen molar-refractivity contribution < 1.29 is 4.79 Å². The molecule has 3 N–H and O–H groups in total. The monoisotopic (exact) mass is 356 g/mol. The SMILES string of the molecule is CN=C(NCC(=O)NC(C)(C)C)N(C)Cc1ncc(-c2ccccc2)[nH]1. The van der Waals surface area contributed by atoms with E-state index in [0.29, 0.717) is 12.5 Å². The Labute approximate surface area is 154 Å². The van der Waals surface area contributed by atoms with Crippen LogP contribution in [-0.2, 0) is 11.3 Å². The highest BCUT2D eigenvalue weighted by Crippen LogP contribution is 2.16. The van der Waals surface area contributed by atoms with Gasteiger partial charge in [0.1, 0.15) is 5.82 Å². The quantitative estimate of drug-likeness (QED) is 0.565. The number of benzene rings is 1. The predicted molar refractivity (Wildman–Crippen MR) is 105 cm³/mol. The van der Waals surface area contributed by atoms with Gasteiger partial charge in [0.05, 0.1) is 25.0 Å². The number of rotatable bonds is 5. The highest BCUT2D eigenvalue weighted by atomic mass is 16.2. The summed E-state index contributed by atoms with van der Waals surface area (Å²) >= 11 is 0. The van der Waals surface area contributed by atoms with Gasteiger partial charge in [0, 0.05) is 19.6 Å².